The molecule has 0 saturated carbocycles. The van der Waals surface area contributed by atoms with E-state index in [1.165, 1.54) is 0 Å². The Morgan fingerprint density at radius 2 is 1.76 bits per heavy atom. The minimum absolute atomic E-state index is 0.298. The van der Waals surface area contributed by atoms with Crippen molar-refractivity contribution in [1.82, 2.24) is 0 Å². The molecule has 4 nitrogen and oxygen atoms in total. The maximum absolute atomic E-state index is 11.9. The lowest BCUT2D eigenvalue weighted by Gasteiger charge is -2.01. The van der Waals surface area contributed by atoms with Crippen molar-refractivity contribution in [3.8, 4) is 5.75 Å². The van der Waals surface area contributed by atoms with Crippen LogP contribution in [0, 0.1) is 0 Å². The van der Waals surface area contributed by atoms with Crippen LogP contribution in [0.15, 0.2) is 65.3 Å². The van der Waals surface area contributed by atoms with E-state index < -0.39 is 5.97 Å². The second-order valence-electron chi connectivity index (χ2n) is 4.48. The number of methoxy groups -OCH3 is 1. The SMILES string of the molecule is COc1ccc(C2=NC(=Cc3ccccc3)C(=O)O2)cc1. The highest BCUT2D eigenvalue weighted by Crippen LogP contribution is 2.20. The van der Waals surface area contributed by atoms with Crippen LogP contribution < -0.4 is 4.74 Å². The van der Waals surface area contributed by atoms with Gasteiger partial charge < -0.3 is 9.47 Å². The van der Waals surface area contributed by atoms with Crippen molar-refractivity contribution in [2.45, 2.75) is 0 Å². The third-order valence-corrected chi connectivity index (χ3v) is 3.06. The highest BCUT2D eigenvalue weighted by atomic mass is 16.6. The lowest BCUT2D eigenvalue weighted by atomic mass is 10.2. The minimum Gasteiger partial charge on any atom is -0.497 e. The molecule has 0 atom stereocenters. The number of nitrogens with zero attached hydrogens (tertiary/aromatic N) is 1. The Labute approximate surface area is 122 Å². The maximum atomic E-state index is 11.9. The Kier molecular flexibility index (Phi) is 3.51. The summed E-state index contributed by atoms with van der Waals surface area (Å²) in [6, 6.07) is 16.7. The zero-order chi connectivity index (χ0) is 14.7. The first-order valence-corrected chi connectivity index (χ1v) is 6.48. The van der Waals surface area contributed by atoms with E-state index in [1.807, 2.05) is 30.3 Å². The maximum Gasteiger partial charge on any atom is 0.363 e. The summed E-state index contributed by atoms with van der Waals surface area (Å²) in [5, 5.41) is 0. The van der Waals surface area contributed by atoms with E-state index in [1.54, 1.807) is 37.5 Å². The molecule has 21 heavy (non-hydrogen) atoms. The molecule has 1 heterocycles. The standard InChI is InChI=1S/C17H13NO3/c1-20-14-9-7-13(8-10-14)16-18-15(17(19)21-16)11-12-5-3-2-4-6-12/h2-11H,1H3. The fourth-order valence-electron chi connectivity index (χ4n) is 1.97. The summed E-state index contributed by atoms with van der Waals surface area (Å²) in [4.78, 5) is 16.1. The fraction of sp³-hybridized carbons (Fsp3) is 0.0588. The van der Waals surface area contributed by atoms with Gasteiger partial charge >= 0.3 is 5.97 Å². The van der Waals surface area contributed by atoms with Crippen molar-refractivity contribution >= 4 is 17.9 Å². The highest BCUT2D eigenvalue weighted by Gasteiger charge is 2.23. The molecule has 0 amide bonds. The summed E-state index contributed by atoms with van der Waals surface area (Å²) in [6.45, 7) is 0. The quantitative estimate of drug-likeness (QED) is 0.641. The van der Waals surface area contributed by atoms with E-state index in [0.29, 0.717) is 11.6 Å². The molecular weight excluding hydrogens is 266 g/mol. The Hall–Kier alpha value is -2.88. The molecule has 2 aromatic rings. The molecule has 2 aromatic carbocycles. The van der Waals surface area contributed by atoms with E-state index >= 15 is 0 Å². The van der Waals surface area contributed by atoms with Crippen LogP contribution in [0.3, 0.4) is 0 Å². The summed E-state index contributed by atoms with van der Waals surface area (Å²) in [7, 11) is 1.60. The number of ether oxygens (including phenoxy) is 2. The highest BCUT2D eigenvalue weighted by molar-refractivity contribution is 6.12. The number of carbonyl (C=O) groups excluding carboxylic acids is 1. The first kappa shape index (κ1) is 13.1. The number of rotatable bonds is 3. The van der Waals surface area contributed by atoms with Gasteiger partial charge in [-0.2, -0.15) is 0 Å². The first-order valence-electron chi connectivity index (χ1n) is 6.48. The van der Waals surface area contributed by atoms with Crippen molar-refractivity contribution in [3.63, 3.8) is 0 Å². The smallest absolute Gasteiger partial charge is 0.363 e. The largest absolute Gasteiger partial charge is 0.497 e. The summed E-state index contributed by atoms with van der Waals surface area (Å²) < 4.78 is 10.3. The van der Waals surface area contributed by atoms with Gasteiger partial charge in [-0.15, -0.1) is 0 Å². The van der Waals surface area contributed by atoms with Crippen LogP contribution in [0.5, 0.6) is 5.75 Å². The van der Waals surface area contributed by atoms with Gasteiger partial charge in [-0.1, -0.05) is 30.3 Å². The zero-order valence-corrected chi connectivity index (χ0v) is 11.4. The number of benzene rings is 2. The van der Waals surface area contributed by atoms with E-state index in [4.69, 9.17) is 9.47 Å². The van der Waals surface area contributed by atoms with Crippen molar-refractivity contribution in [2.75, 3.05) is 7.11 Å². The van der Waals surface area contributed by atoms with Gasteiger partial charge in [-0.3, -0.25) is 0 Å². The van der Waals surface area contributed by atoms with Gasteiger partial charge in [0.05, 0.1) is 7.11 Å². The molecule has 4 heteroatoms. The average Bonchev–Trinajstić information content (AvgIpc) is 2.89. The van der Waals surface area contributed by atoms with Crippen LogP contribution >= 0.6 is 0 Å². The number of esters is 1. The normalized spacial score (nSPS) is 15.8. The number of hydrogen-bond acceptors (Lipinski definition) is 4. The molecule has 0 bridgehead atoms. The molecule has 1 aliphatic rings. The number of hydrogen-bond donors (Lipinski definition) is 0. The van der Waals surface area contributed by atoms with Crippen LogP contribution in [0.4, 0.5) is 0 Å². The molecule has 0 N–H and O–H groups in total. The Morgan fingerprint density at radius 1 is 1.05 bits per heavy atom. The van der Waals surface area contributed by atoms with E-state index in [-0.39, 0.29) is 0 Å². The lowest BCUT2D eigenvalue weighted by Crippen LogP contribution is -2.05. The molecule has 3 rings (SSSR count). The number of aliphatic imine (C=N–C) groups is 1. The number of carbonyl (C=O) groups is 1. The van der Waals surface area contributed by atoms with Crippen molar-refractivity contribution < 1.29 is 14.3 Å². The number of cyclic esters (lactones) is 1. The van der Waals surface area contributed by atoms with Gasteiger partial charge in [0.25, 0.3) is 0 Å². The van der Waals surface area contributed by atoms with Gasteiger partial charge in [-0.25, -0.2) is 9.79 Å². The van der Waals surface area contributed by atoms with Crippen LogP contribution in [0.25, 0.3) is 6.08 Å². The second kappa shape index (κ2) is 5.63. The second-order valence-corrected chi connectivity index (χ2v) is 4.48. The summed E-state index contributed by atoms with van der Waals surface area (Å²) >= 11 is 0. The molecule has 0 unspecified atom stereocenters. The molecule has 0 fully saturated rings. The molecule has 104 valence electrons. The molecule has 1 aliphatic heterocycles. The van der Waals surface area contributed by atoms with Crippen molar-refractivity contribution in [1.29, 1.82) is 0 Å². The van der Waals surface area contributed by atoms with Gasteiger partial charge in [0, 0.05) is 5.56 Å². The molecule has 0 saturated heterocycles. The van der Waals surface area contributed by atoms with Gasteiger partial charge in [0.2, 0.25) is 5.90 Å². The van der Waals surface area contributed by atoms with Gasteiger partial charge in [0.1, 0.15) is 5.75 Å². The molecule has 0 radical (unpaired) electrons. The predicted octanol–water partition coefficient (Wildman–Crippen LogP) is 3.04. The van der Waals surface area contributed by atoms with Crippen molar-refractivity contribution in [2.24, 2.45) is 4.99 Å². The van der Waals surface area contributed by atoms with Gasteiger partial charge in [0.15, 0.2) is 5.70 Å². The first-order chi connectivity index (χ1) is 10.3. The Morgan fingerprint density at radius 3 is 2.43 bits per heavy atom. The summed E-state index contributed by atoms with van der Waals surface area (Å²) in [5.41, 5.74) is 1.94. The van der Waals surface area contributed by atoms with Crippen LogP contribution in [-0.2, 0) is 9.53 Å². The molecule has 0 spiro atoms. The molecule has 0 aromatic heterocycles. The lowest BCUT2D eigenvalue weighted by molar-refractivity contribution is -0.129. The fourth-order valence-corrected chi connectivity index (χ4v) is 1.97. The average molecular weight is 279 g/mol. The third-order valence-electron chi connectivity index (χ3n) is 3.06. The van der Waals surface area contributed by atoms with Crippen molar-refractivity contribution in [3.05, 3.63) is 71.4 Å². The van der Waals surface area contributed by atoms with Crippen LogP contribution in [0.1, 0.15) is 11.1 Å². The summed E-state index contributed by atoms with van der Waals surface area (Å²) in [5.74, 6) is 0.609. The van der Waals surface area contributed by atoms with Gasteiger partial charge in [-0.05, 0) is 35.9 Å². The molecule has 0 aliphatic carbocycles. The van der Waals surface area contributed by atoms with E-state index in [0.717, 1.165) is 16.9 Å². The topological polar surface area (TPSA) is 47.9 Å². The summed E-state index contributed by atoms with van der Waals surface area (Å²) in [6.07, 6.45) is 1.71. The van der Waals surface area contributed by atoms with Crippen LogP contribution in [0.2, 0.25) is 0 Å². The zero-order valence-electron chi connectivity index (χ0n) is 11.4. The van der Waals surface area contributed by atoms with Crippen LogP contribution in [-0.4, -0.2) is 19.0 Å². The predicted molar refractivity (Wildman–Crippen MR) is 80.0 cm³/mol. The minimum atomic E-state index is -0.440. The monoisotopic (exact) mass is 279 g/mol. The molecular formula is C17H13NO3. The van der Waals surface area contributed by atoms with E-state index in [2.05, 4.69) is 4.99 Å². The Bertz CT molecular complexity index is 715. The van der Waals surface area contributed by atoms with E-state index in [9.17, 15) is 4.79 Å². The third kappa shape index (κ3) is 2.84. The Balaban J connectivity index is 1.89.